The average molecular weight is 182 g/mol. The quantitative estimate of drug-likeness (QED) is 0.710. The van der Waals surface area contributed by atoms with Crippen LogP contribution in [0.25, 0.3) is 0 Å². The smallest absolute Gasteiger partial charge is 0.136 e. The molecular formula is C10H11FO2. The molecule has 1 saturated heterocycles. The monoisotopic (exact) mass is 182 g/mol. The lowest BCUT2D eigenvalue weighted by molar-refractivity contribution is -0.184. The Kier molecular flexibility index (Phi) is 1.86. The Morgan fingerprint density at radius 3 is 2.62 bits per heavy atom. The summed E-state index contributed by atoms with van der Waals surface area (Å²) in [4.78, 5) is 0. The van der Waals surface area contributed by atoms with Crippen LogP contribution in [0.2, 0.25) is 0 Å². The summed E-state index contributed by atoms with van der Waals surface area (Å²) in [6.07, 6.45) is 0. The zero-order valence-corrected chi connectivity index (χ0v) is 7.38. The topological polar surface area (TPSA) is 29.5 Å². The predicted molar refractivity (Wildman–Crippen MR) is 45.9 cm³/mol. The standard InChI is InChI=1S/C10H11FO2/c1-7-4-8(11)2-3-9(7)10(12)5-13-6-10/h2-4,12H,5-6H2,1H3. The highest BCUT2D eigenvalue weighted by Gasteiger charge is 2.38. The van der Waals surface area contributed by atoms with E-state index in [1.165, 1.54) is 12.1 Å². The highest BCUT2D eigenvalue weighted by Crippen LogP contribution is 2.31. The maximum Gasteiger partial charge on any atom is 0.136 e. The third-order valence-electron chi connectivity index (χ3n) is 2.37. The lowest BCUT2D eigenvalue weighted by Crippen LogP contribution is -2.47. The number of hydrogen-bond donors (Lipinski definition) is 1. The van der Waals surface area contributed by atoms with Crippen LogP contribution in [0.3, 0.4) is 0 Å². The van der Waals surface area contributed by atoms with E-state index in [1.54, 1.807) is 13.0 Å². The Morgan fingerprint density at radius 1 is 1.46 bits per heavy atom. The van der Waals surface area contributed by atoms with Crippen molar-refractivity contribution in [1.29, 1.82) is 0 Å². The van der Waals surface area contributed by atoms with Crippen molar-refractivity contribution in [3.8, 4) is 0 Å². The molecule has 1 fully saturated rings. The van der Waals surface area contributed by atoms with E-state index < -0.39 is 5.60 Å². The molecule has 2 nitrogen and oxygen atoms in total. The molecule has 13 heavy (non-hydrogen) atoms. The summed E-state index contributed by atoms with van der Waals surface area (Å²) in [5.41, 5.74) is 0.642. The van der Waals surface area contributed by atoms with Gasteiger partial charge in [0.2, 0.25) is 0 Å². The van der Waals surface area contributed by atoms with Crippen molar-refractivity contribution in [2.75, 3.05) is 13.2 Å². The number of aryl methyl sites for hydroxylation is 1. The first-order valence-electron chi connectivity index (χ1n) is 4.19. The van der Waals surface area contributed by atoms with Gasteiger partial charge in [-0.15, -0.1) is 0 Å². The van der Waals surface area contributed by atoms with Gasteiger partial charge < -0.3 is 9.84 Å². The number of hydrogen-bond acceptors (Lipinski definition) is 2. The molecule has 1 aromatic rings. The summed E-state index contributed by atoms with van der Waals surface area (Å²) < 4.78 is 17.7. The van der Waals surface area contributed by atoms with Gasteiger partial charge in [-0.3, -0.25) is 0 Å². The van der Waals surface area contributed by atoms with Crippen LogP contribution < -0.4 is 0 Å². The Morgan fingerprint density at radius 2 is 2.15 bits per heavy atom. The van der Waals surface area contributed by atoms with Gasteiger partial charge in [-0.25, -0.2) is 4.39 Å². The van der Waals surface area contributed by atoms with Gasteiger partial charge >= 0.3 is 0 Å². The van der Waals surface area contributed by atoms with Gasteiger partial charge in [0.1, 0.15) is 11.4 Å². The third-order valence-corrected chi connectivity index (χ3v) is 2.37. The highest BCUT2D eigenvalue weighted by molar-refractivity contribution is 5.33. The molecule has 0 saturated carbocycles. The first-order chi connectivity index (χ1) is 6.12. The first-order valence-corrected chi connectivity index (χ1v) is 4.19. The maximum absolute atomic E-state index is 12.7. The molecule has 0 radical (unpaired) electrons. The van der Waals surface area contributed by atoms with Gasteiger partial charge in [0, 0.05) is 0 Å². The SMILES string of the molecule is Cc1cc(F)ccc1C1(O)COC1. The minimum atomic E-state index is -0.891. The van der Waals surface area contributed by atoms with Crippen LogP contribution in [-0.4, -0.2) is 18.3 Å². The van der Waals surface area contributed by atoms with Gasteiger partial charge in [0.25, 0.3) is 0 Å². The summed E-state index contributed by atoms with van der Waals surface area (Å²) in [7, 11) is 0. The average Bonchev–Trinajstić information content (AvgIpc) is 2.00. The molecule has 0 aliphatic carbocycles. The molecule has 0 unspecified atom stereocenters. The van der Waals surface area contributed by atoms with Gasteiger partial charge in [0.15, 0.2) is 0 Å². The second-order valence-electron chi connectivity index (χ2n) is 3.48. The molecule has 0 atom stereocenters. The Balaban J connectivity index is 2.40. The summed E-state index contributed by atoms with van der Waals surface area (Å²) in [5, 5.41) is 9.91. The van der Waals surface area contributed by atoms with Crippen molar-refractivity contribution < 1.29 is 14.2 Å². The Hall–Kier alpha value is -0.930. The first kappa shape index (κ1) is 8.66. The summed E-state index contributed by atoms with van der Waals surface area (Å²) in [5.74, 6) is -0.273. The lowest BCUT2D eigenvalue weighted by atomic mass is 9.89. The number of benzene rings is 1. The number of aliphatic hydroxyl groups is 1. The highest BCUT2D eigenvalue weighted by atomic mass is 19.1. The van der Waals surface area contributed by atoms with Crippen LogP contribution >= 0.6 is 0 Å². The predicted octanol–water partition coefficient (Wildman–Crippen LogP) is 1.35. The van der Waals surface area contributed by atoms with Crippen molar-refractivity contribution in [3.05, 3.63) is 35.1 Å². The van der Waals surface area contributed by atoms with Crippen LogP contribution in [0.4, 0.5) is 4.39 Å². The molecule has 1 heterocycles. The third kappa shape index (κ3) is 1.34. The fourth-order valence-corrected chi connectivity index (χ4v) is 1.60. The van der Waals surface area contributed by atoms with E-state index in [1.807, 2.05) is 0 Å². The van der Waals surface area contributed by atoms with E-state index in [0.717, 1.165) is 11.1 Å². The number of ether oxygens (including phenoxy) is 1. The van der Waals surface area contributed by atoms with E-state index in [2.05, 4.69) is 0 Å². The zero-order chi connectivity index (χ0) is 9.47. The van der Waals surface area contributed by atoms with Crippen molar-refractivity contribution in [2.45, 2.75) is 12.5 Å². The molecule has 70 valence electrons. The molecule has 1 aliphatic rings. The molecule has 1 N–H and O–H groups in total. The van der Waals surface area contributed by atoms with Gasteiger partial charge in [-0.2, -0.15) is 0 Å². The molecule has 0 spiro atoms. The van der Waals surface area contributed by atoms with Crippen molar-refractivity contribution in [1.82, 2.24) is 0 Å². The fourth-order valence-electron chi connectivity index (χ4n) is 1.60. The molecular weight excluding hydrogens is 171 g/mol. The number of halogens is 1. The molecule has 2 rings (SSSR count). The van der Waals surface area contributed by atoms with E-state index in [-0.39, 0.29) is 5.82 Å². The Labute approximate surface area is 76.0 Å². The van der Waals surface area contributed by atoms with Crippen molar-refractivity contribution >= 4 is 0 Å². The van der Waals surface area contributed by atoms with Crippen LogP contribution in [0.5, 0.6) is 0 Å². The minimum Gasteiger partial charge on any atom is -0.380 e. The van der Waals surface area contributed by atoms with Crippen LogP contribution in [-0.2, 0) is 10.3 Å². The molecule has 3 heteroatoms. The van der Waals surface area contributed by atoms with Crippen LogP contribution in [0, 0.1) is 12.7 Å². The van der Waals surface area contributed by atoms with Crippen LogP contribution in [0.1, 0.15) is 11.1 Å². The van der Waals surface area contributed by atoms with E-state index in [0.29, 0.717) is 13.2 Å². The molecule has 0 bridgehead atoms. The fraction of sp³-hybridized carbons (Fsp3) is 0.400. The largest absolute Gasteiger partial charge is 0.380 e. The normalized spacial score (nSPS) is 19.6. The molecule has 1 aliphatic heterocycles. The van der Waals surface area contributed by atoms with E-state index in [9.17, 15) is 9.50 Å². The summed E-state index contributed by atoms with van der Waals surface area (Å²) in [6, 6.07) is 4.40. The van der Waals surface area contributed by atoms with Crippen LogP contribution in [0.15, 0.2) is 18.2 Å². The maximum atomic E-state index is 12.7. The van der Waals surface area contributed by atoms with Crippen molar-refractivity contribution in [2.24, 2.45) is 0 Å². The van der Waals surface area contributed by atoms with Crippen molar-refractivity contribution in [3.63, 3.8) is 0 Å². The van der Waals surface area contributed by atoms with E-state index >= 15 is 0 Å². The Bertz CT molecular complexity index is 332. The molecule has 0 aromatic heterocycles. The zero-order valence-electron chi connectivity index (χ0n) is 7.38. The minimum absolute atomic E-state index is 0.273. The molecule has 1 aromatic carbocycles. The van der Waals surface area contributed by atoms with Gasteiger partial charge in [-0.1, -0.05) is 6.07 Å². The molecule has 0 amide bonds. The summed E-state index contributed by atoms with van der Waals surface area (Å²) >= 11 is 0. The lowest BCUT2D eigenvalue weighted by Gasteiger charge is -2.37. The van der Waals surface area contributed by atoms with Gasteiger partial charge in [0.05, 0.1) is 13.2 Å². The number of rotatable bonds is 1. The van der Waals surface area contributed by atoms with E-state index in [4.69, 9.17) is 4.74 Å². The second-order valence-corrected chi connectivity index (χ2v) is 3.48. The second kappa shape index (κ2) is 2.79. The summed E-state index contributed by atoms with van der Waals surface area (Å²) in [6.45, 7) is 2.40. The van der Waals surface area contributed by atoms with Gasteiger partial charge in [-0.05, 0) is 30.2 Å².